The van der Waals surface area contributed by atoms with Gasteiger partial charge in [0.05, 0.1) is 28.4 Å². The monoisotopic (exact) mass is 372 g/mol. The van der Waals surface area contributed by atoms with Crippen LogP contribution < -0.4 is 18.9 Å². The van der Waals surface area contributed by atoms with Crippen LogP contribution in [-0.4, -0.2) is 28.4 Å². The molecule has 0 aromatic heterocycles. The first-order valence-electron chi connectivity index (χ1n) is 9.10. The second-order valence-corrected chi connectivity index (χ2v) is 6.72. The first kappa shape index (κ1) is 16.8. The largest absolute Gasteiger partial charge is 0.495 e. The first-order chi connectivity index (χ1) is 13.8. The van der Waals surface area contributed by atoms with Gasteiger partial charge in [-0.25, -0.2) is 0 Å². The lowest BCUT2D eigenvalue weighted by atomic mass is 9.91. The molecule has 0 heterocycles. The molecule has 0 amide bonds. The van der Waals surface area contributed by atoms with E-state index in [2.05, 4.69) is 24.3 Å². The molecule has 4 aromatic carbocycles. The quantitative estimate of drug-likeness (QED) is 0.449. The number of hydrogen-bond donors (Lipinski definition) is 0. The van der Waals surface area contributed by atoms with Gasteiger partial charge in [0, 0.05) is 42.4 Å². The van der Waals surface area contributed by atoms with Crippen molar-refractivity contribution in [3.63, 3.8) is 0 Å². The maximum absolute atomic E-state index is 5.88. The Bertz CT molecular complexity index is 1210. The molecule has 0 N–H and O–H groups in total. The average molecular weight is 372 g/mol. The van der Waals surface area contributed by atoms with Crippen LogP contribution in [0.4, 0.5) is 0 Å². The Morgan fingerprint density at radius 3 is 0.786 bits per heavy atom. The molecule has 0 saturated carbocycles. The molecular formula is C24H20O4. The summed E-state index contributed by atoms with van der Waals surface area (Å²) in [5, 5.41) is 8.09. The molecular weight excluding hydrogens is 352 g/mol. The van der Waals surface area contributed by atoms with E-state index in [9.17, 15) is 0 Å². The third kappa shape index (κ3) is 1.89. The maximum atomic E-state index is 5.88. The minimum absolute atomic E-state index is 0.828. The molecule has 4 nitrogen and oxygen atoms in total. The summed E-state index contributed by atoms with van der Waals surface area (Å²) in [7, 11) is 6.82. The standard InChI is InChI=1S/C24H20O4/c1-25-21-13-9-5-6-10-14(13)22(26-2)18-17(21)19-20(18)24(28-4)16-12-8-7-11-15(16)23(19)27-3/h5-12H,1-4H3. The predicted molar refractivity (Wildman–Crippen MR) is 109 cm³/mol. The van der Waals surface area contributed by atoms with Crippen LogP contribution in [-0.2, 0) is 0 Å². The molecule has 0 unspecified atom stereocenters. The van der Waals surface area contributed by atoms with Crippen LogP contribution in [0.3, 0.4) is 0 Å². The maximum Gasteiger partial charge on any atom is 0.135 e. The van der Waals surface area contributed by atoms with Crippen molar-refractivity contribution < 1.29 is 18.9 Å². The van der Waals surface area contributed by atoms with Crippen LogP contribution >= 0.6 is 0 Å². The minimum atomic E-state index is 0.828. The molecule has 4 heteroatoms. The number of rotatable bonds is 4. The van der Waals surface area contributed by atoms with Gasteiger partial charge in [-0.2, -0.15) is 0 Å². The summed E-state index contributed by atoms with van der Waals surface area (Å²) in [6, 6.07) is 16.3. The lowest BCUT2D eigenvalue weighted by molar-refractivity contribution is 0.392. The van der Waals surface area contributed by atoms with Gasteiger partial charge in [-0.3, -0.25) is 0 Å². The van der Waals surface area contributed by atoms with Crippen LogP contribution in [0.5, 0.6) is 23.0 Å². The number of methoxy groups -OCH3 is 4. The molecule has 0 saturated heterocycles. The highest BCUT2D eigenvalue weighted by atomic mass is 16.5. The van der Waals surface area contributed by atoms with Gasteiger partial charge in [-0.1, -0.05) is 48.5 Å². The molecule has 1 aliphatic carbocycles. The normalized spacial score (nSPS) is 11.6. The molecule has 140 valence electrons. The Morgan fingerprint density at radius 2 is 0.607 bits per heavy atom. The van der Waals surface area contributed by atoms with Gasteiger partial charge in [-0.15, -0.1) is 0 Å². The smallest absolute Gasteiger partial charge is 0.135 e. The zero-order valence-electron chi connectivity index (χ0n) is 16.3. The summed E-state index contributed by atoms with van der Waals surface area (Å²) >= 11 is 0. The Labute approximate surface area is 161 Å². The summed E-state index contributed by atoms with van der Waals surface area (Å²) in [6.45, 7) is 0. The lowest BCUT2D eigenvalue weighted by Gasteiger charge is -2.21. The second-order valence-electron chi connectivity index (χ2n) is 6.72. The Hall–Kier alpha value is -3.40. The molecule has 0 atom stereocenters. The molecule has 0 aliphatic heterocycles. The highest BCUT2D eigenvalue weighted by Crippen LogP contribution is 2.46. The lowest BCUT2D eigenvalue weighted by Crippen LogP contribution is -2.05. The molecule has 0 bridgehead atoms. The molecule has 0 fully saturated rings. The average Bonchev–Trinajstić information content (AvgIpc) is 2.74. The highest BCUT2D eigenvalue weighted by Gasteiger charge is 2.25. The summed E-state index contributed by atoms with van der Waals surface area (Å²) in [4.78, 5) is 0. The van der Waals surface area contributed by atoms with Gasteiger partial charge >= 0.3 is 0 Å². The van der Waals surface area contributed by atoms with Gasteiger partial charge in [0.25, 0.3) is 0 Å². The fourth-order valence-corrected chi connectivity index (χ4v) is 4.49. The Balaban J connectivity index is 2.21. The van der Waals surface area contributed by atoms with Crippen LogP contribution in [0.15, 0.2) is 48.5 Å². The van der Waals surface area contributed by atoms with E-state index < -0.39 is 0 Å². The van der Waals surface area contributed by atoms with Crippen molar-refractivity contribution in [3.8, 4) is 23.0 Å². The van der Waals surface area contributed by atoms with Crippen molar-refractivity contribution in [2.45, 2.75) is 0 Å². The van der Waals surface area contributed by atoms with Crippen LogP contribution in [0.1, 0.15) is 0 Å². The van der Waals surface area contributed by atoms with Crippen molar-refractivity contribution >= 4 is 21.5 Å². The summed E-state index contributed by atoms with van der Waals surface area (Å²) in [5.74, 6) is 3.31. The Morgan fingerprint density at radius 1 is 0.393 bits per heavy atom. The Kier molecular flexibility index (Phi) is 3.63. The predicted octanol–water partition coefficient (Wildman–Crippen LogP) is 4.91. The fraction of sp³-hybridized carbons (Fsp3) is 0.167. The van der Waals surface area contributed by atoms with E-state index in [0.29, 0.717) is 0 Å². The second kappa shape index (κ2) is 6.06. The van der Waals surface area contributed by atoms with Crippen molar-refractivity contribution in [1.82, 2.24) is 0 Å². The summed E-state index contributed by atoms with van der Waals surface area (Å²) in [6.07, 6.45) is 0. The molecule has 5 rings (SSSR count). The van der Waals surface area contributed by atoms with E-state index in [4.69, 9.17) is 18.9 Å². The van der Waals surface area contributed by atoms with Gasteiger partial charge in [0.1, 0.15) is 23.0 Å². The summed E-state index contributed by atoms with van der Waals surface area (Å²) in [5.41, 5.74) is 0. The SMILES string of the molecule is COc1c2c(c(OC)c3ccccc13)=c1c(OC)c3ccccc3c(OC)c1=2. The first-order valence-corrected chi connectivity index (χ1v) is 9.10. The number of benzene rings is 4. The van der Waals surface area contributed by atoms with Crippen LogP contribution in [0.25, 0.3) is 21.5 Å². The van der Waals surface area contributed by atoms with E-state index in [0.717, 1.165) is 65.4 Å². The van der Waals surface area contributed by atoms with E-state index in [1.165, 1.54) is 0 Å². The van der Waals surface area contributed by atoms with Gasteiger partial charge in [-0.05, 0) is 0 Å². The van der Waals surface area contributed by atoms with E-state index in [1.807, 2.05) is 24.3 Å². The van der Waals surface area contributed by atoms with Gasteiger partial charge in [0.15, 0.2) is 0 Å². The van der Waals surface area contributed by atoms with Crippen LogP contribution in [0, 0.1) is 20.9 Å². The van der Waals surface area contributed by atoms with E-state index in [1.54, 1.807) is 28.4 Å². The van der Waals surface area contributed by atoms with E-state index >= 15 is 0 Å². The summed E-state index contributed by atoms with van der Waals surface area (Å²) < 4.78 is 23.5. The van der Waals surface area contributed by atoms with Gasteiger partial charge in [0.2, 0.25) is 0 Å². The molecule has 0 spiro atoms. The number of ether oxygens (including phenoxy) is 4. The van der Waals surface area contributed by atoms with Crippen molar-refractivity contribution in [2.24, 2.45) is 0 Å². The minimum Gasteiger partial charge on any atom is -0.495 e. The number of fused-ring (bicyclic) bond motifs is 4. The van der Waals surface area contributed by atoms with Gasteiger partial charge < -0.3 is 18.9 Å². The third-order valence-corrected chi connectivity index (χ3v) is 5.56. The number of hydrogen-bond acceptors (Lipinski definition) is 4. The van der Waals surface area contributed by atoms with Crippen LogP contribution in [0.2, 0.25) is 0 Å². The topological polar surface area (TPSA) is 36.9 Å². The molecule has 1 aliphatic rings. The zero-order valence-corrected chi connectivity index (χ0v) is 16.3. The third-order valence-electron chi connectivity index (χ3n) is 5.56. The van der Waals surface area contributed by atoms with Crippen molar-refractivity contribution in [2.75, 3.05) is 28.4 Å². The van der Waals surface area contributed by atoms with Crippen molar-refractivity contribution in [3.05, 3.63) is 69.4 Å². The fourth-order valence-electron chi connectivity index (χ4n) is 4.49. The van der Waals surface area contributed by atoms with E-state index in [-0.39, 0.29) is 0 Å². The molecule has 4 aromatic rings. The highest BCUT2D eigenvalue weighted by molar-refractivity contribution is 5.98. The zero-order chi connectivity index (χ0) is 19.4. The molecule has 28 heavy (non-hydrogen) atoms. The van der Waals surface area contributed by atoms with Crippen molar-refractivity contribution in [1.29, 1.82) is 0 Å². The molecule has 0 radical (unpaired) electrons.